The summed E-state index contributed by atoms with van der Waals surface area (Å²) < 4.78 is 26.9. The molecule has 2 aromatic rings. The Bertz CT molecular complexity index is 594. The van der Waals surface area contributed by atoms with Gasteiger partial charge in [0.15, 0.2) is 0 Å². The van der Waals surface area contributed by atoms with Crippen molar-refractivity contribution in [2.75, 3.05) is 6.54 Å². The van der Waals surface area contributed by atoms with Crippen LogP contribution in [0.5, 0.6) is 0 Å². The van der Waals surface area contributed by atoms with Crippen LogP contribution >= 0.6 is 0 Å². The molecule has 0 aliphatic rings. The van der Waals surface area contributed by atoms with Crippen LogP contribution in [-0.2, 0) is 0 Å². The summed E-state index contributed by atoms with van der Waals surface area (Å²) in [6, 6.07) is 5.13. The molecule has 0 saturated carbocycles. The van der Waals surface area contributed by atoms with Crippen molar-refractivity contribution in [1.29, 1.82) is 0 Å². The van der Waals surface area contributed by atoms with Crippen molar-refractivity contribution >= 4 is 0 Å². The minimum atomic E-state index is -0.584. The summed E-state index contributed by atoms with van der Waals surface area (Å²) in [6.45, 7) is 6.29. The summed E-state index contributed by atoms with van der Waals surface area (Å²) in [7, 11) is 0. The van der Waals surface area contributed by atoms with Crippen LogP contribution < -0.4 is 5.32 Å². The van der Waals surface area contributed by atoms with E-state index in [2.05, 4.69) is 15.5 Å². The molecule has 1 N–H and O–H groups in total. The normalized spacial score (nSPS) is 12.4. The first-order chi connectivity index (χ1) is 9.51. The maximum Gasteiger partial charge on any atom is 0.126 e. The molecule has 0 saturated heterocycles. The Kier molecular flexibility index (Phi) is 4.39. The number of aryl methyl sites for hydroxylation is 2. The topological polar surface area (TPSA) is 37.8 Å². The van der Waals surface area contributed by atoms with Crippen LogP contribution in [0.15, 0.2) is 24.3 Å². The van der Waals surface area contributed by atoms with Crippen LogP contribution in [-0.4, -0.2) is 16.7 Å². The second kappa shape index (κ2) is 6.05. The van der Waals surface area contributed by atoms with Crippen molar-refractivity contribution in [3.05, 3.63) is 58.4 Å². The molecule has 20 heavy (non-hydrogen) atoms. The standard InChI is InChI=1S/C15H17F2N3/c1-4-18-15(11-6-12(16)8-13(17)7-11)14-5-9(2)19-20-10(14)3/h5-8,15,18H,4H2,1-3H3. The fourth-order valence-corrected chi connectivity index (χ4v) is 2.22. The number of benzene rings is 1. The van der Waals surface area contributed by atoms with Gasteiger partial charge in [0.25, 0.3) is 0 Å². The number of hydrogen-bond donors (Lipinski definition) is 1. The van der Waals surface area contributed by atoms with Gasteiger partial charge in [0.1, 0.15) is 11.6 Å². The number of halogens is 2. The van der Waals surface area contributed by atoms with Gasteiger partial charge in [-0.2, -0.15) is 10.2 Å². The van der Waals surface area contributed by atoms with Crippen molar-refractivity contribution < 1.29 is 8.78 Å². The molecule has 3 nitrogen and oxygen atoms in total. The first-order valence-corrected chi connectivity index (χ1v) is 6.51. The van der Waals surface area contributed by atoms with E-state index in [-0.39, 0.29) is 6.04 Å². The highest BCUT2D eigenvalue weighted by atomic mass is 19.1. The Labute approximate surface area is 117 Å². The highest BCUT2D eigenvalue weighted by molar-refractivity contribution is 5.34. The molecule has 0 aliphatic carbocycles. The molecule has 0 bridgehead atoms. The van der Waals surface area contributed by atoms with Gasteiger partial charge in [-0.3, -0.25) is 0 Å². The predicted molar refractivity (Wildman–Crippen MR) is 73.4 cm³/mol. The summed E-state index contributed by atoms with van der Waals surface area (Å²) in [4.78, 5) is 0. The Morgan fingerprint density at radius 3 is 2.30 bits per heavy atom. The summed E-state index contributed by atoms with van der Waals surface area (Å²) in [5.41, 5.74) is 2.93. The van der Waals surface area contributed by atoms with Crippen LogP contribution in [0.1, 0.15) is 35.5 Å². The molecule has 1 atom stereocenters. The Morgan fingerprint density at radius 1 is 1.05 bits per heavy atom. The van der Waals surface area contributed by atoms with Crippen molar-refractivity contribution in [2.24, 2.45) is 0 Å². The molecule has 5 heteroatoms. The Balaban J connectivity index is 2.52. The van der Waals surface area contributed by atoms with Gasteiger partial charge in [0, 0.05) is 6.07 Å². The SMILES string of the molecule is CCNC(c1cc(F)cc(F)c1)c1cc(C)nnc1C. The lowest BCUT2D eigenvalue weighted by Gasteiger charge is -2.20. The van der Waals surface area contributed by atoms with Crippen LogP contribution in [0.2, 0.25) is 0 Å². The van der Waals surface area contributed by atoms with Crippen LogP contribution in [0.4, 0.5) is 8.78 Å². The Hall–Kier alpha value is -1.88. The maximum absolute atomic E-state index is 13.4. The molecular formula is C15H17F2N3. The van der Waals surface area contributed by atoms with Crippen molar-refractivity contribution in [1.82, 2.24) is 15.5 Å². The lowest BCUT2D eigenvalue weighted by atomic mass is 9.97. The van der Waals surface area contributed by atoms with Crippen LogP contribution in [0, 0.1) is 25.5 Å². The number of nitrogens with one attached hydrogen (secondary N) is 1. The molecule has 0 spiro atoms. The van der Waals surface area contributed by atoms with E-state index in [0.29, 0.717) is 12.1 Å². The molecule has 0 fully saturated rings. The molecule has 0 aliphatic heterocycles. The molecule has 0 radical (unpaired) electrons. The minimum absolute atomic E-state index is 0.306. The van der Waals surface area contributed by atoms with E-state index in [1.54, 1.807) is 0 Å². The van der Waals surface area contributed by atoms with E-state index in [1.807, 2.05) is 26.8 Å². The largest absolute Gasteiger partial charge is 0.306 e. The molecule has 106 valence electrons. The van der Waals surface area contributed by atoms with Gasteiger partial charge in [-0.25, -0.2) is 8.78 Å². The van der Waals surface area contributed by atoms with E-state index in [0.717, 1.165) is 23.0 Å². The summed E-state index contributed by atoms with van der Waals surface area (Å²) in [5.74, 6) is -1.17. The number of hydrogen-bond acceptors (Lipinski definition) is 3. The van der Waals surface area contributed by atoms with Crippen molar-refractivity contribution in [3.63, 3.8) is 0 Å². The van der Waals surface area contributed by atoms with Gasteiger partial charge in [-0.1, -0.05) is 6.92 Å². The Morgan fingerprint density at radius 2 is 1.70 bits per heavy atom. The lowest BCUT2D eigenvalue weighted by molar-refractivity contribution is 0.563. The monoisotopic (exact) mass is 277 g/mol. The fraction of sp³-hybridized carbons (Fsp3) is 0.333. The summed E-state index contributed by atoms with van der Waals surface area (Å²) in [5, 5.41) is 11.3. The fourth-order valence-electron chi connectivity index (χ4n) is 2.22. The molecule has 1 aromatic carbocycles. The highest BCUT2D eigenvalue weighted by Gasteiger charge is 2.18. The average Bonchev–Trinajstić information content (AvgIpc) is 2.38. The molecule has 0 amide bonds. The third kappa shape index (κ3) is 3.17. The minimum Gasteiger partial charge on any atom is -0.306 e. The number of nitrogens with zero attached hydrogens (tertiary/aromatic N) is 2. The van der Waals surface area contributed by atoms with Crippen LogP contribution in [0.3, 0.4) is 0 Å². The first-order valence-electron chi connectivity index (χ1n) is 6.51. The van der Waals surface area contributed by atoms with Gasteiger partial charge in [-0.15, -0.1) is 0 Å². The summed E-state index contributed by atoms with van der Waals surface area (Å²) in [6.07, 6.45) is 0. The van der Waals surface area contributed by atoms with Gasteiger partial charge < -0.3 is 5.32 Å². The molecule has 1 unspecified atom stereocenters. The van der Waals surface area contributed by atoms with E-state index in [1.165, 1.54) is 12.1 Å². The van der Waals surface area contributed by atoms with E-state index in [9.17, 15) is 8.78 Å². The van der Waals surface area contributed by atoms with Gasteiger partial charge in [0.2, 0.25) is 0 Å². The summed E-state index contributed by atoms with van der Waals surface area (Å²) >= 11 is 0. The smallest absolute Gasteiger partial charge is 0.126 e. The third-order valence-electron chi connectivity index (χ3n) is 3.08. The second-order valence-corrected chi connectivity index (χ2v) is 4.72. The lowest BCUT2D eigenvalue weighted by Crippen LogP contribution is -2.23. The number of aromatic nitrogens is 2. The van der Waals surface area contributed by atoms with Gasteiger partial charge in [0.05, 0.1) is 17.4 Å². The van der Waals surface area contributed by atoms with E-state index < -0.39 is 11.6 Å². The average molecular weight is 277 g/mol. The van der Waals surface area contributed by atoms with Gasteiger partial charge in [-0.05, 0) is 49.7 Å². The number of rotatable bonds is 4. The molecule has 1 heterocycles. The molecular weight excluding hydrogens is 260 g/mol. The van der Waals surface area contributed by atoms with Crippen molar-refractivity contribution in [3.8, 4) is 0 Å². The second-order valence-electron chi connectivity index (χ2n) is 4.72. The van der Waals surface area contributed by atoms with Crippen LogP contribution in [0.25, 0.3) is 0 Å². The molecule has 2 rings (SSSR count). The molecule has 1 aromatic heterocycles. The first kappa shape index (κ1) is 14.5. The quantitative estimate of drug-likeness (QED) is 0.933. The zero-order valence-corrected chi connectivity index (χ0v) is 11.7. The highest BCUT2D eigenvalue weighted by Crippen LogP contribution is 2.25. The van der Waals surface area contributed by atoms with Crippen molar-refractivity contribution in [2.45, 2.75) is 26.8 Å². The predicted octanol–water partition coefficient (Wildman–Crippen LogP) is 3.07. The maximum atomic E-state index is 13.4. The third-order valence-corrected chi connectivity index (χ3v) is 3.08. The zero-order valence-electron chi connectivity index (χ0n) is 11.7. The van der Waals surface area contributed by atoms with Gasteiger partial charge >= 0.3 is 0 Å². The van der Waals surface area contributed by atoms with E-state index in [4.69, 9.17) is 0 Å². The van der Waals surface area contributed by atoms with E-state index >= 15 is 0 Å². The zero-order chi connectivity index (χ0) is 14.7.